The van der Waals surface area contributed by atoms with Gasteiger partial charge in [0.1, 0.15) is 11.1 Å². The van der Waals surface area contributed by atoms with Crippen molar-refractivity contribution in [1.82, 2.24) is 14.8 Å². The Bertz CT molecular complexity index is 773. The van der Waals surface area contributed by atoms with Crippen LogP contribution in [0.2, 0.25) is 0 Å². The van der Waals surface area contributed by atoms with Crippen LogP contribution in [0.1, 0.15) is 38.3 Å². The molecule has 3 aliphatic heterocycles. The van der Waals surface area contributed by atoms with Crippen LogP contribution >= 0.6 is 0 Å². The summed E-state index contributed by atoms with van der Waals surface area (Å²) in [6.45, 7) is 3.66. The van der Waals surface area contributed by atoms with E-state index in [1.54, 1.807) is 35.3 Å². The summed E-state index contributed by atoms with van der Waals surface area (Å²) in [5.74, 6) is -0.111. The quantitative estimate of drug-likeness (QED) is 0.782. The van der Waals surface area contributed by atoms with E-state index in [-0.39, 0.29) is 11.8 Å². The van der Waals surface area contributed by atoms with E-state index in [2.05, 4.69) is 11.1 Å². The summed E-state index contributed by atoms with van der Waals surface area (Å²) < 4.78 is 0. The SMILES string of the molecule is CN1C(=O)[C@@]23CC1(C)C(=O)N2[C@H](c1cccnc1)[C@](C)(C#N)C3. The van der Waals surface area contributed by atoms with Gasteiger partial charge in [-0.2, -0.15) is 5.26 Å². The number of likely N-dealkylation sites (tertiary alicyclic amines) is 1. The average Bonchev–Trinajstić information content (AvgIpc) is 3.01. The van der Waals surface area contributed by atoms with Crippen molar-refractivity contribution >= 4 is 11.8 Å². The molecule has 6 heteroatoms. The molecule has 2 bridgehead atoms. The summed E-state index contributed by atoms with van der Waals surface area (Å²) in [6.07, 6.45) is 4.19. The molecule has 23 heavy (non-hydrogen) atoms. The Morgan fingerprint density at radius 1 is 1.30 bits per heavy atom. The number of pyridine rings is 1. The Morgan fingerprint density at radius 2 is 2.04 bits per heavy atom. The maximum absolute atomic E-state index is 13.1. The highest BCUT2D eigenvalue weighted by Gasteiger charge is 2.77. The number of aromatic nitrogens is 1. The zero-order valence-electron chi connectivity index (χ0n) is 13.4. The first kappa shape index (κ1) is 14.2. The van der Waals surface area contributed by atoms with Gasteiger partial charge in [-0.25, -0.2) is 0 Å². The molecule has 3 saturated heterocycles. The first-order valence-electron chi connectivity index (χ1n) is 7.73. The predicted octanol–water partition coefficient (Wildman–Crippen LogP) is 1.26. The van der Waals surface area contributed by atoms with Gasteiger partial charge < -0.3 is 9.80 Å². The first-order chi connectivity index (χ1) is 10.8. The number of rotatable bonds is 1. The van der Waals surface area contributed by atoms with Crippen molar-refractivity contribution in [3.63, 3.8) is 0 Å². The highest BCUT2D eigenvalue weighted by Crippen LogP contribution is 2.64. The number of nitrogens with zero attached hydrogens (tertiary/aromatic N) is 4. The van der Waals surface area contributed by atoms with Crippen LogP contribution in [0.25, 0.3) is 0 Å². The fourth-order valence-electron chi connectivity index (χ4n) is 4.89. The summed E-state index contributed by atoms with van der Waals surface area (Å²) in [7, 11) is 1.69. The second kappa shape index (κ2) is 3.91. The second-order valence-electron chi connectivity index (χ2n) is 7.42. The van der Waals surface area contributed by atoms with Crippen molar-refractivity contribution in [2.75, 3.05) is 7.05 Å². The van der Waals surface area contributed by atoms with Gasteiger partial charge in [0.25, 0.3) is 0 Å². The fraction of sp³-hybridized carbons (Fsp3) is 0.529. The number of hydrogen-bond donors (Lipinski definition) is 0. The monoisotopic (exact) mass is 310 g/mol. The molecule has 1 aromatic rings. The number of carbonyl (C=O) groups excluding carboxylic acids is 2. The lowest BCUT2D eigenvalue weighted by molar-refractivity contribution is -0.159. The molecule has 3 fully saturated rings. The molecule has 0 N–H and O–H groups in total. The minimum absolute atomic E-state index is 0.0486. The number of amides is 2. The number of carbonyl (C=O) groups is 2. The van der Waals surface area contributed by atoms with Gasteiger partial charge in [0, 0.05) is 32.3 Å². The Labute approximate surface area is 134 Å². The molecule has 0 saturated carbocycles. The third-order valence-corrected chi connectivity index (χ3v) is 6.00. The van der Waals surface area contributed by atoms with Gasteiger partial charge in [0.2, 0.25) is 11.8 Å². The van der Waals surface area contributed by atoms with Crippen molar-refractivity contribution in [3.05, 3.63) is 30.1 Å². The molecule has 1 aromatic heterocycles. The standard InChI is InChI=1S/C17H18N4O2/c1-15(10-18)8-17-9-16(2,20(3)14(17)23)13(22)21(17)12(15)11-5-4-6-19-7-11/h4-7,12H,8-9H2,1-3H3/t12-,15+,16?,17-/m1/s1. The molecule has 0 radical (unpaired) electrons. The van der Waals surface area contributed by atoms with Crippen LogP contribution in [-0.2, 0) is 9.59 Å². The van der Waals surface area contributed by atoms with Crippen LogP contribution in [-0.4, -0.2) is 44.7 Å². The molecule has 3 aliphatic rings. The van der Waals surface area contributed by atoms with E-state index in [4.69, 9.17) is 0 Å². The third-order valence-electron chi connectivity index (χ3n) is 6.00. The van der Waals surface area contributed by atoms with Crippen molar-refractivity contribution in [3.8, 4) is 6.07 Å². The minimum Gasteiger partial charge on any atom is -0.329 e. The number of hydrogen-bond acceptors (Lipinski definition) is 4. The topological polar surface area (TPSA) is 77.3 Å². The second-order valence-corrected chi connectivity index (χ2v) is 7.42. The van der Waals surface area contributed by atoms with Gasteiger partial charge in [-0.1, -0.05) is 6.07 Å². The molecule has 1 unspecified atom stereocenters. The van der Waals surface area contributed by atoms with E-state index in [0.717, 1.165) is 5.56 Å². The zero-order chi connectivity index (χ0) is 16.6. The smallest absolute Gasteiger partial charge is 0.249 e. The molecule has 4 rings (SSSR count). The summed E-state index contributed by atoms with van der Waals surface area (Å²) in [4.78, 5) is 33.4. The molecule has 2 amide bonds. The molecule has 4 heterocycles. The Kier molecular flexibility index (Phi) is 2.41. The molecule has 0 aromatic carbocycles. The van der Waals surface area contributed by atoms with Crippen molar-refractivity contribution in [2.24, 2.45) is 5.41 Å². The van der Waals surface area contributed by atoms with E-state index >= 15 is 0 Å². The van der Waals surface area contributed by atoms with Crippen LogP contribution in [0.3, 0.4) is 0 Å². The third kappa shape index (κ3) is 1.37. The van der Waals surface area contributed by atoms with E-state index in [1.165, 1.54) is 0 Å². The molecule has 6 nitrogen and oxygen atoms in total. The maximum Gasteiger partial charge on any atom is 0.249 e. The number of likely N-dealkylation sites (N-methyl/N-ethyl adjacent to an activating group) is 1. The van der Waals surface area contributed by atoms with Gasteiger partial charge in [-0.3, -0.25) is 14.6 Å². The van der Waals surface area contributed by atoms with E-state index in [1.807, 2.05) is 19.9 Å². The molecular weight excluding hydrogens is 292 g/mol. The summed E-state index contributed by atoms with van der Waals surface area (Å²) in [6, 6.07) is 5.61. The maximum atomic E-state index is 13.1. The fourth-order valence-corrected chi connectivity index (χ4v) is 4.89. The molecule has 0 aliphatic carbocycles. The molecular formula is C17H18N4O2. The van der Waals surface area contributed by atoms with Gasteiger partial charge in [0.05, 0.1) is 17.5 Å². The van der Waals surface area contributed by atoms with Crippen LogP contribution < -0.4 is 0 Å². The molecule has 4 atom stereocenters. The Morgan fingerprint density at radius 3 is 2.65 bits per heavy atom. The van der Waals surface area contributed by atoms with Crippen molar-refractivity contribution < 1.29 is 9.59 Å². The Hall–Kier alpha value is -2.42. The number of fused-ring (bicyclic) bond motifs is 1. The van der Waals surface area contributed by atoms with Gasteiger partial charge >= 0.3 is 0 Å². The normalized spacial score (nSPS) is 41.4. The highest BCUT2D eigenvalue weighted by atomic mass is 16.2. The summed E-state index contributed by atoms with van der Waals surface area (Å²) in [5, 5.41) is 9.81. The van der Waals surface area contributed by atoms with E-state index in [9.17, 15) is 14.9 Å². The lowest BCUT2D eigenvalue weighted by Gasteiger charge is -2.41. The van der Waals surface area contributed by atoms with Gasteiger partial charge in [-0.15, -0.1) is 0 Å². The number of piperazine rings is 1. The number of nitriles is 1. The van der Waals surface area contributed by atoms with Crippen LogP contribution in [0.4, 0.5) is 0 Å². The van der Waals surface area contributed by atoms with Crippen molar-refractivity contribution in [2.45, 2.75) is 43.8 Å². The first-order valence-corrected chi connectivity index (χ1v) is 7.73. The summed E-state index contributed by atoms with van der Waals surface area (Å²) in [5.41, 5.74) is -1.67. The lowest BCUT2D eigenvalue weighted by Crippen LogP contribution is -2.60. The highest BCUT2D eigenvalue weighted by molar-refractivity contribution is 6.07. The average molecular weight is 310 g/mol. The zero-order valence-corrected chi connectivity index (χ0v) is 13.4. The van der Waals surface area contributed by atoms with E-state index < -0.39 is 22.5 Å². The van der Waals surface area contributed by atoms with Crippen LogP contribution in [0, 0.1) is 16.7 Å². The van der Waals surface area contributed by atoms with Crippen molar-refractivity contribution in [1.29, 1.82) is 5.26 Å². The van der Waals surface area contributed by atoms with Gasteiger partial charge in [0.15, 0.2) is 0 Å². The van der Waals surface area contributed by atoms with Gasteiger partial charge in [-0.05, 0) is 25.5 Å². The minimum atomic E-state index is -0.883. The molecule has 118 valence electrons. The predicted molar refractivity (Wildman–Crippen MR) is 80.7 cm³/mol. The summed E-state index contributed by atoms with van der Waals surface area (Å²) >= 11 is 0. The Balaban J connectivity index is 1.94. The van der Waals surface area contributed by atoms with Crippen LogP contribution in [0.15, 0.2) is 24.5 Å². The van der Waals surface area contributed by atoms with Crippen LogP contribution in [0.5, 0.6) is 0 Å². The van der Waals surface area contributed by atoms with E-state index in [0.29, 0.717) is 12.8 Å². The largest absolute Gasteiger partial charge is 0.329 e. The lowest BCUT2D eigenvalue weighted by atomic mass is 9.76. The molecule has 1 spiro atoms.